The highest BCUT2D eigenvalue weighted by molar-refractivity contribution is 6.36. The highest BCUT2D eigenvalue weighted by Gasteiger charge is 2.24. The number of nitrogens with one attached hydrogen (secondary N) is 1. The van der Waals surface area contributed by atoms with Crippen molar-refractivity contribution in [3.8, 4) is 17.1 Å². The summed E-state index contributed by atoms with van der Waals surface area (Å²) in [5.74, 6) is 1.93. The molecule has 0 bridgehead atoms. The number of carbonyl (C=O) groups is 1. The summed E-state index contributed by atoms with van der Waals surface area (Å²) in [6.07, 6.45) is 1.74. The maximum atomic E-state index is 12.4. The molecule has 2 aromatic carbocycles. The maximum Gasteiger partial charge on any atom is 0.256 e. The Hall–Kier alpha value is -3.06. The molecular weight excluding hydrogens is 428 g/mol. The molecule has 1 fully saturated rings. The number of ether oxygens (including phenoxy) is 2. The minimum absolute atomic E-state index is 0.170. The second-order valence-electron chi connectivity index (χ2n) is 7.73. The lowest BCUT2D eigenvalue weighted by Crippen LogP contribution is -2.38. The minimum atomic E-state index is -0.170. The van der Waals surface area contributed by atoms with Crippen LogP contribution in [-0.2, 0) is 9.53 Å². The van der Waals surface area contributed by atoms with Crippen LogP contribution in [0.15, 0.2) is 59.0 Å². The number of halogens is 1. The fraction of sp³-hybridized carbons (Fsp3) is 0.240. The molecule has 3 heterocycles. The predicted octanol–water partition coefficient (Wildman–Crippen LogP) is 4.80. The van der Waals surface area contributed by atoms with Crippen LogP contribution in [0.5, 0.6) is 5.75 Å². The summed E-state index contributed by atoms with van der Waals surface area (Å²) in [7, 11) is 0. The fourth-order valence-corrected chi connectivity index (χ4v) is 4.06. The van der Waals surface area contributed by atoms with Gasteiger partial charge in [-0.25, -0.2) is 0 Å². The van der Waals surface area contributed by atoms with E-state index in [1.165, 1.54) is 0 Å². The van der Waals surface area contributed by atoms with Crippen molar-refractivity contribution in [1.82, 2.24) is 4.90 Å². The molecular formula is C25H23ClN2O4. The van der Waals surface area contributed by atoms with Crippen LogP contribution in [0.1, 0.15) is 11.3 Å². The van der Waals surface area contributed by atoms with Gasteiger partial charge >= 0.3 is 0 Å². The number of anilines is 1. The van der Waals surface area contributed by atoms with E-state index in [1.54, 1.807) is 24.3 Å². The summed E-state index contributed by atoms with van der Waals surface area (Å²) in [5, 5.41) is 3.43. The van der Waals surface area contributed by atoms with Crippen LogP contribution in [0.2, 0.25) is 5.02 Å². The molecule has 2 aliphatic rings. The molecule has 32 heavy (non-hydrogen) atoms. The fourth-order valence-electron chi connectivity index (χ4n) is 3.89. The lowest BCUT2D eigenvalue weighted by atomic mass is 10.1. The first-order valence-corrected chi connectivity index (χ1v) is 11.0. The first-order valence-electron chi connectivity index (χ1n) is 10.6. The van der Waals surface area contributed by atoms with E-state index >= 15 is 0 Å². The summed E-state index contributed by atoms with van der Waals surface area (Å²) in [5.41, 5.74) is 2.97. The zero-order valence-electron chi connectivity index (χ0n) is 17.5. The van der Waals surface area contributed by atoms with Crippen LogP contribution in [0, 0.1) is 0 Å². The topological polar surface area (TPSA) is 63.9 Å². The van der Waals surface area contributed by atoms with Gasteiger partial charge in [-0.15, -0.1) is 0 Å². The van der Waals surface area contributed by atoms with Gasteiger partial charge in [0.25, 0.3) is 5.91 Å². The molecule has 3 aromatic rings. The van der Waals surface area contributed by atoms with Crippen LogP contribution < -0.4 is 10.1 Å². The summed E-state index contributed by atoms with van der Waals surface area (Å²) in [4.78, 5) is 14.7. The van der Waals surface area contributed by atoms with Gasteiger partial charge in [-0.05, 0) is 48.5 Å². The summed E-state index contributed by atoms with van der Waals surface area (Å²) in [6, 6.07) is 16.9. The van der Waals surface area contributed by atoms with Crippen molar-refractivity contribution in [3.63, 3.8) is 0 Å². The molecule has 1 N–H and O–H groups in total. The SMILES string of the molecule is O=C1Nc2ccc(Cl)cc2/C1=C/c1ccc(-c2cccc(OCCN3CCOCC3)c2)o1. The molecule has 0 atom stereocenters. The largest absolute Gasteiger partial charge is 0.492 e. The molecule has 1 amide bonds. The monoisotopic (exact) mass is 450 g/mol. The van der Waals surface area contributed by atoms with Crippen molar-refractivity contribution in [2.24, 2.45) is 0 Å². The molecule has 0 radical (unpaired) electrons. The highest BCUT2D eigenvalue weighted by Crippen LogP contribution is 2.35. The number of hydrogen-bond acceptors (Lipinski definition) is 5. The van der Waals surface area contributed by atoms with Gasteiger partial charge in [0.1, 0.15) is 23.9 Å². The van der Waals surface area contributed by atoms with Gasteiger partial charge in [0.05, 0.1) is 18.8 Å². The zero-order valence-corrected chi connectivity index (χ0v) is 18.2. The number of furan rings is 1. The third-order valence-electron chi connectivity index (χ3n) is 5.58. The van der Waals surface area contributed by atoms with E-state index in [0.29, 0.717) is 28.7 Å². The van der Waals surface area contributed by atoms with Gasteiger partial charge in [-0.2, -0.15) is 0 Å². The maximum absolute atomic E-state index is 12.4. The Morgan fingerprint density at radius 3 is 2.84 bits per heavy atom. The number of benzene rings is 2. The molecule has 1 saturated heterocycles. The van der Waals surface area contributed by atoms with Gasteiger partial charge in [-0.1, -0.05) is 23.7 Å². The Morgan fingerprint density at radius 1 is 1.09 bits per heavy atom. The van der Waals surface area contributed by atoms with Crippen molar-refractivity contribution in [2.75, 3.05) is 44.8 Å². The molecule has 5 rings (SSSR count). The van der Waals surface area contributed by atoms with Crippen molar-refractivity contribution in [1.29, 1.82) is 0 Å². The summed E-state index contributed by atoms with van der Waals surface area (Å²) in [6.45, 7) is 4.96. The van der Waals surface area contributed by atoms with E-state index in [0.717, 1.165) is 55.4 Å². The first kappa shape index (κ1) is 20.8. The van der Waals surface area contributed by atoms with Gasteiger partial charge in [0, 0.05) is 41.5 Å². The number of amides is 1. The summed E-state index contributed by atoms with van der Waals surface area (Å²) >= 11 is 6.11. The number of rotatable bonds is 6. The van der Waals surface area contributed by atoms with Crippen LogP contribution >= 0.6 is 11.6 Å². The van der Waals surface area contributed by atoms with Crippen LogP contribution in [-0.4, -0.2) is 50.3 Å². The second kappa shape index (κ2) is 9.20. The van der Waals surface area contributed by atoms with E-state index in [2.05, 4.69) is 10.2 Å². The molecule has 0 saturated carbocycles. The number of nitrogens with zero attached hydrogens (tertiary/aromatic N) is 1. The van der Waals surface area contributed by atoms with Crippen LogP contribution in [0.3, 0.4) is 0 Å². The van der Waals surface area contributed by atoms with Crippen LogP contribution in [0.4, 0.5) is 5.69 Å². The van der Waals surface area contributed by atoms with E-state index in [4.69, 9.17) is 25.5 Å². The molecule has 0 aliphatic carbocycles. The Labute approximate surface area is 191 Å². The molecule has 7 heteroatoms. The number of hydrogen-bond donors (Lipinski definition) is 1. The van der Waals surface area contributed by atoms with Crippen molar-refractivity contribution >= 4 is 34.8 Å². The van der Waals surface area contributed by atoms with Crippen molar-refractivity contribution < 1.29 is 18.7 Å². The summed E-state index contributed by atoms with van der Waals surface area (Å²) < 4.78 is 17.3. The van der Waals surface area contributed by atoms with E-state index in [-0.39, 0.29) is 5.91 Å². The standard InChI is InChI=1S/C25H23ClN2O4/c26-18-4-6-23-21(15-18)22(25(29)27-23)16-20-5-7-24(32-20)17-2-1-3-19(14-17)31-13-10-28-8-11-30-12-9-28/h1-7,14-16H,8-13H2,(H,27,29)/b22-16-. The van der Waals surface area contributed by atoms with Gasteiger partial charge in [-0.3, -0.25) is 9.69 Å². The second-order valence-corrected chi connectivity index (χ2v) is 8.17. The highest BCUT2D eigenvalue weighted by atomic mass is 35.5. The smallest absolute Gasteiger partial charge is 0.256 e. The predicted molar refractivity (Wildman–Crippen MR) is 125 cm³/mol. The third kappa shape index (κ3) is 4.58. The molecule has 2 aliphatic heterocycles. The van der Waals surface area contributed by atoms with Gasteiger partial charge in [0.2, 0.25) is 0 Å². The number of carbonyl (C=O) groups excluding carboxylic acids is 1. The Bertz CT molecular complexity index is 1160. The lowest BCUT2D eigenvalue weighted by Gasteiger charge is -2.26. The van der Waals surface area contributed by atoms with Gasteiger partial charge < -0.3 is 19.2 Å². The van der Waals surface area contributed by atoms with E-state index in [1.807, 2.05) is 36.4 Å². The van der Waals surface area contributed by atoms with Crippen molar-refractivity contribution in [3.05, 3.63) is 70.9 Å². The molecule has 1 aromatic heterocycles. The molecule has 0 spiro atoms. The van der Waals surface area contributed by atoms with Gasteiger partial charge in [0.15, 0.2) is 0 Å². The van der Waals surface area contributed by atoms with Crippen LogP contribution in [0.25, 0.3) is 23.0 Å². The Balaban J connectivity index is 1.29. The molecule has 6 nitrogen and oxygen atoms in total. The first-order chi connectivity index (χ1) is 15.7. The molecule has 0 unspecified atom stereocenters. The van der Waals surface area contributed by atoms with Crippen molar-refractivity contribution in [2.45, 2.75) is 0 Å². The average Bonchev–Trinajstić information content (AvgIpc) is 3.40. The zero-order chi connectivity index (χ0) is 21.9. The third-order valence-corrected chi connectivity index (χ3v) is 5.81. The molecule has 164 valence electrons. The number of fused-ring (bicyclic) bond motifs is 1. The Kier molecular flexibility index (Phi) is 5.99. The normalized spacial score (nSPS) is 17.4. The van der Waals surface area contributed by atoms with E-state index < -0.39 is 0 Å². The lowest BCUT2D eigenvalue weighted by molar-refractivity contribution is -0.110. The number of morpholine rings is 1. The Morgan fingerprint density at radius 2 is 1.97 bits per heavy atom. The minimum Gasteiger partial charge on any atom is -0.492 e. The van der Waals surface area contributed by atoms with E-state index in [9.17, 15) is 4.79 Å². The average molecular weight is 451 g/mol. The quantitative estimate of drug-likeness (QED) is 0.546.